The van der Waals surface area contributed by atoms with Crippen LogP contribution in [0.15, 0.2) is 30.3 Å². The number of fused-ring (bicyclic) bond motifs is 1. The highest BCUT2D eigenvalue weighted by molar-refractivity contribution is 5.76. The van der Waals surface area contributed by atoms with Crippen molar-refractivity contribution >= 4 is 5.91 Å². The molecule has 2 fully saturated rings. The molecule has 5 heteroatoms. The molecule has 0 unspecified atom stereocenters. The van der Waals surface area contributed by atoms with Gasteiger partial charge in [0.25, 0.3) is 0 Å². The summed E-state index contributed by atoms with van der Waals surface area (Å²) in [5, 5.41) is 7.77. The fourth-order valence-corrected chi connectivity index (χ4v) is 5.15. The topological polar surface area (TPSA) is 56.1 Å². The minimum atomic E-state index is 0.0636. The van der Waals surface area contributed by atoms with Crippen molar-refractivity contribution in [2.75, 3.05) is 7.11 Å². The molecule has 4 rings (SSSR count). The van der Waals surface area contributed by atoms with Crippen LogP contribution in [0.3, 0.4) is 0 Å². The zero-order valence-corrected chi connectivity index (χ0v) is 16.4. The summed E-state index contributed by atoms with van der Waals surface area (Å²) in [6.45, 7) is 4.25. The van der Waals surface area contributed by atoms with Gasteiger partial charge in [-0.05, 0) is 62.3 Å². The SMILES string of the molecule is COc1ccc([C@H]2[C@@H]3CCCC[C@H]3[C@@H]2NC(=O)Cn2nc(C)cc2C)cc1. The minimum absolute atomic E-state index is 0.0636. The number of benzene rings is 1. The average Bonchev–Trinajstić information content (AvgIpc) is 2.97. The lowest BCUT2D eigenvalue weighted by molar-refractivity contribution is -0.125. The lowest BCUT2D eigenvalue weighted by atomic mass is 9.53. The van der Waals surface area contributed by atoms with Gasteiger partial charge in [0, 0.05) is 17.7 Å². The Morgan fingerprint density at radius 3 is 2.52 bits per heavy atom. The number of carbonyl (C=O) groups excluding carboxylic acids is 1. The van der Waals surface area contributed by atoms with E-state index in [0.29, 0.717) is 24.3 Å². The van der Waals surface area contributed by atoms with Crippen LogP contribution in [-0.2, 0) is 11.3 Å². The summed E-state index contributed by atoms with van der Waals surface area (Å²) in [7, 11) is 1.69. The monoisotopic (exact) mass is 367 g/mol. The van der Waals surface area contributed by atoms with Gasteiger partial charge in [-0.15, -0.1) is 0 Å². The zero-order chi connectivity index (χ0) is 19.0. The number of nitrogens with one attached hydrogen (secondary N) is 1. The van der Waals surface area contributed by atoms with Crippen molar-refractivity contribution in [2.45, 2.75) is 58.0 Å². The molecule has 1 aromatic heterocycles. The number of amides is 1. The van der Waals surface area contributed by atoms with Crippen LogP contribution in [-0.4, -0.2) is 28.8 Å². The van der Waals surface area contributed by atoms with Gasteiger partial charge in [-0.25, -0.2) is 0 Å². The molecule has 2 saturated carbocycles. The first kappa shape index (κ1) is 18.1. The fraction of sp³-hybridized carbons (Fsp3) is 0.545. The van der Waals surface area contributed by atoms with Crippen LogP contribution >= 0.6 is 0 Å². The maximum Gasteiger partial charge on any atom is 0.241 e. The highest BCUT2D eigenvalue weighted by atomic mass is 16.5. The van der Waals surface area contributed by atoms with Crippen molar-refractivity contribution < 1.29 is 9.53 Å². The molecule has 0 radical (unpaired) electrons. The Kier molecular flexibility index (Phi) is 4.94. The number of rotatable bonds is 5. The first-order chi connectivity index (χ1) is 13.1. The molecule has 0 spiro atoms. The summed E-state index contributed by atoms with van der Waals surface area (Å²) in [6, 6.07) is 10.6. The van der Waals surface area contributed by atoms with Crippen LogP contribution in [0.2, 0.25) is 0 Å². The Morgan fingerprint density at radius 2 is 1.89 bits per heavy atom. The van der Waals surface area contributed by atoms with Gasteiger partial charge in [-0.3, -0.25) is 9.48 Å². The Bertz CT molecular complexity index is 811. The second-order valence-electron chi connectivity index (χ2n) is 8.09. The van der Waals surface area contributed by atoms with Crippen LogP contribution in [0, 0.1) is 25.7 Å². The largest absolute Gasteiger partial charge is 0.497 e. The highest BCUT2D eigenvalue weighted by Gasteiger charge is 2.51. The number of nitrogens with zero attached hydrogens (tertiary/aromatic N) is 2. The first-order valence-electron chi connectivity index (χ1n) is 10.0. The third-order valence-corrected chi connectivity index (χ3v) is 6.41. The van der Waals surface area contributed by atoms with E-state index in [1.807, 2.05) is 32.0 Å². The van der Waals surface area contributed by atoms with Crippen molar-refractivity contribution in [3.63, 3.8) is 0 Å². The summed E-state index contributed by atoms with van der Waals surface area (Å²) in [4.78, 5) is 12.7. The average molecular weight is 367 g/mol. The van der Waals surface area contributed by atoms with Gasteiger partial charge in [0.15, 0.2) is 0 Å². The molecule has 1 heterocycles. The van der Waals surface area contributed by atoms with Crippen molar-refractivity contribution in [3.05, 3.63) is 47.3 Å². The quantitative estimate of drug-likeness (QED) is 0.878. The zero-order valence-electron chi connectivity index (χ0n) is 16.4. The lowest BCUT2D eigenvalue weighted by Gasteiger charge is -2.55. The van der Waals surface area contributed by atoms with Gasteiger partial charge >= 0.3 is 0 Å². The molecule has 0 bridgehead atoms. The van der Waals surface area contributed by atoms with E-state index in [1.165, 1.54) is 31.2 Å². The standard InChI is InChI=1S/C22H29N3O2/c1-14-12-15(2)25(24-14)13-20(26)23-22-19-7-5-4-6-18(19)21(22)16-8-10-17(27-3)11-9-16/h8-12,18-19,21-22H,4-7,13H2,1-3H3,(H,23,26)/t18-,19-,21+,22+/m1/s1. The van der Waals surface area contributed by atoms with Gasteiger partial charge in [-0.1, -0.05) is 25.0 Å². The summed E-state index contributed by atoms with van der Waals surface area (Å²) in [5.74, 6) is 2.64. The van der Waals surface area contributed by atoms with E-state index in [0.717, 1.165) is 17.1 Å². The molecule has 0 saturated heterocycles. The van der Waals surface area contributed by atoms with Crippen molar-refractivity contribution in [2.24, 2.45) is 11.8 Å². The normalized spacial score (nSPS) is 26.8. The molecule has 4 atom stereocenters. The second-order valence-corrected chi connectivity index (χ2v) is 8.09. The Balaban J connectivity index is 1.49. The predicted molar refractivity (Wildman–Crippen MR) is 105 cm³/mol. The minimum Gasteiger partial charge on any atom is -0.497 e. The van der Waals surface area contributed by atoms with E-state index >= 15 is 0 Å². The molecule has 2 aromatic rings. The molecule has 27 heavy (non-hydrogen) atoms. The molecular formula is C22H29N3O2. The summed E-state index contributed by atoms with van der Waals surface area (Å²) < 4.78 is 7.09. The molecule has 2 aliphatic rings. The smallest absolute Gasteiger partial charge is 0.241 e. The number of carbonyl (C=O) groups is 1. The van der Waals surface area contributed by atoms with Crippen LogP contribution in [0.25, 0.3) is 0 Å². The molecule has 1 aromatic carbocycles. The molecule has 144 valence electrons. The molecular weight excluding hydrogens is 338 g/mol. The second kappa shape index (κ2) is 7.37. The molecule has 1 amide bonds. The van der Waals surface area contributed by atoms with Gasteiger partial charge in [-0.2, -0.15) is 5.10 Å². The van der Waals surface area contributed by atoms with Gasteiger partial charge < -0.3 is 10.1 Å². The van der Waals surface area contributed by atoms with Gasteiger partial charge in [0.05, 0.1) is 12.8 Å². The number of hydrogen-bond acceptors (Lipinski definition) is 3. The Labute approximate surface area is 161 Å². The number of aromatic nitrogens is 2. The molecule has 0 aliphatic heterocycles. The number of methoxy groups -OCH3 is 1. The third-order valence-electron chi connectivity index (χ3n) is 6.41. The molecule has 1 N–H and O–H groups in total. The predicted octanol–water partition coefficient (Wildman–Crippen LogP) is 3.60. The summed E-state index contributed by atoms with van der Waals surface area (Å²) in [5.41, 5.74) is 3.29. The van der Waals surface area contributed by atoms with Gasteiger partial charge in [0.1, 0.15) is 12.3 Å². The van der Waals surface area contributed by atoms with Crippen molar-refractivity contribution in [1.82, 2.24) is 15.1 Å². The Hall–Kier alpha value is -2.30. The van der Waals surface area contributed by atoms with E-state index in [2.05, 4.69) is 22.5 Å². The van der Waals surface area contributed by atoms with Gasteiger partial charge in [0.2, 0.25) is 5.91 Å². The number of aryl methyl sites for hydroxylation is 2. The van der Waals surface area contributed by atoms with E-state index in [1.54, 1.807) is 11.8 Å². The summed E-state index contributed by atoms with van der Waals surface area (Å²) in [6.07, 6.45) is 5.08. The number of hydrogen-bond donors (Lipinski definition) is 1. The first-order valence-corrected chi connectivity index (χ1v) is 10.0. The molecule has 5 nitrogen and oxygen atoms in total. The van der Waals surface area contributed by atoms with E-state index in [-0.39, 0.29) is 11.9 Å². The lowest BCUT2D eigenvalue weighted by Crippen LogP contribution is -2.59. The van der Waals surface area contributed by atoms with Crippen LogP contribution < -0.4 is 10.1 Å². The maximum absolute atomic E-state index is 12.7. The van der Waals surface area contributed by atoms with E-state index in [9.17, 15) is 4.79 Å². The summed E-state index contributed by atoms with van der Waals surface area (Å²) >= 11 is 0. The highest BCUT2D eigenvalue weighted by Crippen LogP contribution is 2.54. The maximum atomic E-state index is 12.7. The molecule has 2 aliphatic carbocycles. The fourth-order valence-electron chi connectivity index (χ4n) is 5.15. The van der Waals surface area contributed by atoms with Crippen LogP contribution in [0.1, 0.15) is 48.6 Å². The van der Waals surface area contributed by atoms with Crippen molar-refractivity contribution in [3.8, 4) is 5.75 Å². The van der Waals surface area contributed by atoms with Crippen LogP contribution in [0.4, 0.5) is 0 Å². The number of ether oxygens (including phenoxy) is 1. The van der Waals surface area contributed by atoms with E-state index in [4.69, 9.17) is 4.74 Å². The van der Waals surface area contributed by atoms with Crippen molar-refractivity contribution in [1.29, 1.82) is 0 Å². The van der Waals surface area contributed by atoms with E-state index < -0.39 is 0 Å². The Morgan fingerprint density at radius 1 is 1.19 bits per heavy atom. The third kappa shape index (κ3) is 3.47. The van der Waals surface area contributed by atoms with Crippen LogP contribution in [0.5, 0.6) is 5.75 Å².